The Labute approximate surface area is 200 Å². The van der Waals surface area contributed by atoms with E-state index in [-0.39, 0.29) is 13.0 Å². The summed E-state index contributed by atoms with van der Waals surface area (Å²) in [6.07, 6.45) is 0.180. The fourth-order valence-corrected chi connectivity index (χ4v) is 4.07. The first-order valence-electron chi connectivity index (χ1n) is 11.1. The molecule has 0 aliphatic carbocycles. The number of nitriles is 1. The molecule has 3 aromatic carbocycles. The van der Waals surface area contributed by atoms with Crippen LogP contribution < -0.4 is 5.32 Å². The molecule has 1 atom stereocenters. The number of carbonyl (C=O) groups is 2. The molecule has 1 unspecified atom stereocenters. The molecule has 174 valence electrons. The van der Waals surface area contributed by atoms with Gasteiger partial charge in [-0.1, -0.05) is 91.0 Å². The van der Waals surface area contributed by atoms with Crippen molar-refractivity contribution in [2.45, 2.75) is 37.3 Å². The first-order chi connectivity index (χ1) is 16.6. The number of nitrogens with one attached hydrogen (secondary N) is 1. The van der Waals surface area contributed by atoms with Gasteiger partial charge in [-0.05, 0) is 29.5 Å². The number of esters is 1. The zero-order chi connectivity index (χ0) is 24.2. The third-order valence-corrected chi connectivity index (χ3v) is 5.81. The van der Waals surface area contributed by atoms with E-state index in [9.17, 15) is 14.9 Å². The second-order valence-electron chi connectivity index (χ2n) is 7.93. The lowest BCUT2D eigenvalue weighted by Gasteiger charge is -2.33. The Balaban J connectivity index is 1.81. The van der Waals surface area contributed by atoms with Gasteiger partial charge in [0, 0.05) is 6.04 Å². The van der Waals surface area contributed by atoms with Gasteiger partial charge in [-0.2, -0.15) is 5.26 Å². The highest BCUT2D eigenvalue weighted by atomic mass is 16.5. The van der Waals surface area contributed by atoms with Crippen LogP contribution in [0.2, 0.25) is 0 Å². The van der Waals surface area contributed by atoms with E-state index < -0.39 is 23.5 Å². The maximum atomic E-state index is 13.3. The molecule has 0 heterocycles. The first-order valence-corrected chi connectivity index (χ1v) is 11.1. The standard InChI is InChI=1S/C28H28N2O4/c1-33-26(31)28(23-13-7-3-8-14-23,24-15-9-4-10-16-24)19-17-25(18-20-29)30-27(32)34-21-22-11-5-2-6-12-22/h2-16,25H,17-19,21H2,1H3,(H,30,32). The highest BCUT2D eigenvalue weighted by Crippen LogP contribution is 2.38. The monoisotopic (exact) mass is 456 g/mol. The van der Waals surface area contributed by atoms with Gasteiger partial charge in [-0.15, -0.1) is 0 Å². The van der Waals surface area contributed by atoms with Gasteiger partial charge in [-0.3, -0.25) is 4.79 Å². The maximum absolute atomic E-state index is 13.3. The lowest BCUT2D eigenvalue weighted by atomic mass is 9.70. The van der Waals surface area contributed by atoms with Gasteiger partial charge >= 0.3 is 12.1 Å². The van der Waals surface area contributed by atoms with Crippen LogP contribution in [0.25, 0.3) is 0 Å². The smallest absolute Gasteiger partial charge is 0.407 e. The van der Waals surface area contributed by atoms with Crippen molar-refractivity contribution in [1.82, 2.24) is 5.32 Å². The van der Waals surface area contributed by atoms with Crippen molar-refractivity contribution < 1.29 is 19.1 Å². The molecular formula is C28H28N2O4. The van der Waals surface area contributed by atoms with Crippen molar-refractivity contribution in [1.29, 1.82) is 5.26 Å². The average Bonchev–Trinajstić information content (AvgIpc) is 2.89. The van der Waals surface area contributed by atoms with Crippen LogP contribution in [0.3, 0.4) is 0 Å². The van der Waals surface area contributed by atoms with Gasteiger partial charge in [-0.25, -0.2) is 4.79 Å². The minimum Gasteiger partial charge on any atom is -0.468 e. The van der Waals surface area contributed by atoms with E-state index in [1.807, 2.05) is 91.0 Å². The molecule has 0 aliphatic rings. The summed E-state index contributed by atoms with van der Waals surface area (Å²) in [7, 11) is 1.37. The number of ether oxygens (including phenoxy) is 2. The number of hydrogen-bond donors (Lipinski definition) is 1. The van der Waals surface area contributed by atoms with Gasteiger partial charge in [0.25, 0.3) is 0 Å². The van der Waals surface area contributed by atoms with Gasteiger partial charge < -0.3 is 14.8 Å². The molecule has 0 radical (unpaired) electrons. The molecule has 3 aromatic rings. The molecule has 1 N–H and O–H groups in total. The summed E-state index contributed by atoms with van der Waals surface area (Å²) in [5, 5.41) is 12.1. The van der Waals surface area contributed by atoms with E-state index in [2.05, 4.69) is 11.4 Å². The van der Waals surface area contributed by atoms with Gasteiger partial charge in [0.05, 0.1) is 19.6 Å². The molecular weight excluding hydrogens is 428 g/mol. The Hall–Kier alpha value is -4.11. The number of rotatable bonds is 10. The van der Waals surface area contributed by atoms with Gasteiger partial charge in [0.1, 0.15) is 12.0 Å². The normalized spacial score (nSPS) is 11.6. The fraction of sp³-hybridized carbons (Fsp3) is 0.250. The van der Waals surface area contributed by atoms with Crippen molar-refractivity contribution in [2.75, 3.05) is 7.11 Å². The third-order valence-electron chi connectivity index (χ3n) is 5.81. The van der Waals surface area contributed by atoms with Crippen molar-refractivity contribution in [3.05, 3.63) is 108 Å². The van der Waals surface area contributed by atoms with Crippen LogP contribution in [0.4, 0.5) is 4.79 Å². The zero-order valence-corrected chi connectivity index (χ0v) is 19.1. The number of alkyl carbamates (subject to hydrolysis) is 1. The molecule has 6 heteroatoms. The summed E-state index contributed by atoms with van der Waals surface area (Å²) < 4.78 is 10.6. The molecule has 0 aliphatic heterocycles. The number of methoxy groups -OCH3 is 1. The quantitative estimate of drug-likeness (QED) is 0.427. The van der Waals surface area contributed by atoms with Crippen molar-refractivity contribution in [3.8, 4) is 6.07 Å². The number of benzene rings is 3. The van der Waals surface area contributed by atoms with E-state index in [1.165, 1.54) is 7.11 Å². The molecule has 0 bridgehead atoms. The zero-order valence-electron chi connectivity index (χ0n) is 19.1. The topological polar surface area (TPSA) is 88.4 Å². The van der Waals surface area contributed by atoms with Gasteiger partial charge in [0.15, 0.2) is 0 Å². The van der Waals surface area contributed by atoms with Crippen LogP contribution in [0.15, 0.2) is 91.0 Å². The summed E-state index contributed by atoms with van der Waals surface area (Å²) in [5.74, 6) is -0.396. The Morgan fingerprint density at radius 3 is 1.94 bits per heavy atom. The predicted octanol–water partition coefficient (Wildman–Crippen LogP) is 5.13. The van der Waals surface area contributed by atoms with E-state index in [4.69, 9.17) is 9.47 Å². The average molecular weight is 457 g/mol. The molecule has 0 saturated heterocycles. The number of nitrogens with zero attached hydrogens (tertiary/aromatic N) is 1. The van der Waals surface area contributed by atoms with Crippen LogP contribution >= 0.6 is 0 Å². The highest BCUT2D eigenvalue weighted by molar-refractivity contribution is 5.87. The molecule has 0 saturated carbocycles. The molecule has 0 fully saturated rings. The Morgan fingerprint density at radius 2 is 1.44 bits per heavy atom. The van der Waals surface area contributed by atoms with E-state index in [0.717, 1.165) is 16.7 Å². The van der Waals surface area contributed by atoms with Crippen LogP contribution in [0.1, 0.15) is 36.0 Å². The summed E-state index contributed by atoms with van der Waals surface area (Å²) in [4.78, 5) is 25.7. The van der Waals surface area contributed by atoms with Crippen LogP contribution in [-0.4, -0.2) is 25.2 Å². The molecule has 6 nitrogen and oxygen atoms in total. The number of carbonyl (C=O) groups excluding carboxylic acids is 2. The minimum atomic E-state index is -1.08. The lowest BCUT2D eigenvalue weighted by Crippen LogP contribution is -2.41. The van der Waals surface area contributed by atoms with Crippen molar-refractivity contribution in [3.63, 3.8) is 0 Å². The van der Waals surface area contributed by atoms with Crippen LogP contribution in [0.5, 0.6) is 0 Å². The van der Waals surface area contributed by atoms with E-state index in [0.29, 0.717) is 12.8 Å². The fourth-order valence-electron chi connectivity index (χ4n) is 4.07. The Morgan fingerprint density at radius 1 is 0.912 bits per heavy atom. The maximum Gasteiger partial charge on any atom is 0.407 e. The van der Waals surface area contributed by atoms with Crippen molar-refractivity contribution >= 4 is 12.1 Å². The minimum absolute atomic E-state index is 0.0846. The molecule has 0 spiro atoms. The summed E-state index contributed by atoms with van der Waals surface area (Å²) in [6, 6.07) is 29.8. The van der Waals surface area contributed by atoms with E-state index >= 15 is 0 Å². The second-order valence-corrected chi connectivity index (χ2v) is 7.93. The molecule has 0 aromatic heterocycles. The molecule has 34 heavy (non-hydrogen) atoms. The molecule has 3 rings (SSSR count). The SMILES string of the molecule is COC(=O)C(CCC(CC#N)NC(=O)OCc1ccccc1)(c1ccccc1)c1ccccc1. The van der Waals surface area contributed by atoms with Crippen LogP contribution in [-0.2, 0) is 26.3 Å². The first kappa shape index (κ1) is 24.5. The van der Waals surface area contributed by atoms with Crippen molar-refractivity contribution in [2.24, 2.45) is 0 Å². The third kappa shape index (κ3) is 6.02. The second kappa shape index (κ2) is 12.2. The predicted molar refractivity (Wildman–Crippen MR) is 129 cm³/mol. The Bertz CT molecular complexity index is 1060. The number of amides is 1. The lowest BCUT2D eigenvalue weighted by molar-refractivity contribution is -0.146. The summed E-state index contributed by atoms with van der Waals surface area (Å²) >= 11 is 0. The highest BCUT2D eigenvalue weighted by Gasteiger charge is 2.43. The van der Waals surface area contributed by atoms with Gasteiger partial charge in [0.2, 0.25) is 0 Å². The largest absolute Gasteiger partial charge is 0.468 e. The summed E-state index contributed by atoms with van der Waals surface area (Å²) in [6.45, 7) is 0.131. The summed E-state index contributed by atoms with van der Waals surface area (Å²) in [5.41, 5.74) is 1.36. The molecule has 1 amide bonds. The number of hydrogen-bond acceptors (Lipinski definition) is 5. The van der Waals surface area contributed by atoms with E-state index in [1.54, 1.807) is 0 Å². The Kier molecular flexibility index (Phi) is 8.81. The van der Waals surface area contributed by atoms with Crippen LogP contribution in [0, 0.1) is 11.3 Å².